The summed E-state index contributed by atoms with van der Waals surface area (Å²) >= 11 is 0. The van der Waals surface area contributed by atoms with Crippen molar-refractivity contribution in [1.29, 1.82) is 0 Å². The molecule has 6 nitrogen and oxygen atoms in total. The maximum Gasteiger partial charge on any atom is 0.250 e. The van der Waals surface area contributed by atoms with Crippen LogP contribution in [-0.2, 0) is 13.1 Å². The lowest BCUT2D eigenvalue weighted by Gasteiger charge is -2.38. The minimum absolute atomic E-state index is 0.00554. The van der Waals surface area contributed by atoms with Gasteiger partial charge in [-0.15, -0.1) is 0 Å². The van der Waals surface area contributed by atoms with Crippen molar-refractivity contribution in [1.82, 2.24) is 15.2 Å². The molecule has 1 aromatic heterocycles. The van der Waals surface area contributed by atoms with Crippen LogP contribution < -0.4 is 20.9 Å². The topological polar surface area (TPSA) is 67.7 Å². The van der Waals surface area contributed by atoms with Gasteiger partial charge in [0.2, 0.25) is 0 Å². The minimum Gasteiger partial charge on any atom is -0.487 e. The molecule has 1 atom stereocenters. The highest BCUT2D eigenvalue weighted by Crippen LogP contribution is 2.39. The summed E-state index contributed by atoms with van der Waals surface area (Å²) < 4.78 is 7.83. The number of hydrogen-bond donors (Lipinski definition) is 2. The normalized spacial score (nSPS) is 17.2. The monoisotopic (exact) mass is 430 g/mol. The van der Waals surface area contributed by atoms with Crippen molar-refractivity contribution in [2.24, 2.45) is 4.99 Å². The fourth-order valence-corrected chi connectivity index (χ4v) is 4.03. The van der Waals surface area contributed by atoms with E-state index in [0.717, 1.165) is 34.8 Å². The Morgan fingerprint density at radius 3 is 2.53 bits per heavy atom. The first-order chi connectivity index (χ1) is 15.4. The summed E-state index contributed by atoms with van der Waals surface area (Å²) in [6.07, 6.45) is 2.65. The van der Waals surface area contributed by atoms with Crippen LogP contribution in [-0.4, -0.2) is 23.2 Å². The lowest BCUT2D eigenvalue weighted by atomic mass is 9.90. The molecule has 2 N–H and O–H groups in total. The van der Waals surface area contributed by atoms with E-state index in [1.54, 1.807) is 23.7 Å². The molecule has 2 heterocycles. The van der Waals surface area contributed by atoms with Gasteiger partial charge in [0.25, 0.3) is 5.56 Å². The standard InChI is InChI=1S/C26H30N4O2/c1-26(2)16-22(21-8-4-5-9-23(21)32-26)29-25(27-3)28-17-19-11-13-20(14-12-19)18-30-15-7-6-10-24(30)31/h4-15,22H,16-18H2,1-3H3,(H2,27,28,29). The van der Waals surface area contributed by atoms with Crippen molar-refractivity contribution in [3.63, 3.8) is 0 Å². The maximum absolute atomic E-state index is 11.9. The molecule has 1 aliphatic rings. The Kier molecular flexibility index (Phi) is 6.30. The van der Waals surface area contributed by atoms with Gasteiger partial charge < -0.3 is 19.9 Å². The van der Waals surface area contributed by atoms with E-state index in [4.69, 9.17) is 4.74 Å². The van der Waals surface area contributed by atoms with Crippen molar-refractivity contribution in [3.05, 3.63) is 100.0 Å². The molecule has 0 spiro atoms. The zero-order valence-corrected chi connectivity index (χ0v) is 18.8. The Labute approximate surface area is 189 Å². The van der Waals surface area contributed by atoms with Gasteiger partial charge in [-0.1, -0.05) is 48.5 Å². The third kappa shape index (κ3) is 5.19. The molecule has 0 radical (unpaired) electrons. The van der Waals surface area contributed by atoms with Gasteiger partial charge in [-0.3, -0.25) is 9.79 Å². The molecule has 0 saturated carbocycles. The molecule has 0 amide bonds. The number of aliphatic imine (C=N–C) groups is 1. The lowest BCUT2D eigenvalue weighted by Crippen LogP contribution is -2.45. The Morgan fingerprint density at radius 1 is 1.06 bits per heavy atom. The fourth-order valence-electron chi connectivity index (χ4n) is 4.03. The Hall–Kier alpha value is -3.54. The summed E-state index contributed by atoms with van der Waals surface area (Å²) in [5, 5.41) is 6.97. The molecule has 3 aromatic rings. The first kappa shape index (κ1) is 21.7. The number of pyridine rings is 1. The highest BCUT2D eigenvalue weighted by molar-refractivity contribution is 5.80. The van der Waals surface area contributed by atoms with Gasteiger partial charge in [0.05, 0.1) is 12.6 Å². The van der Waals surface area contributed by atoms with Crippen LogP contribution in [0.3, 0.4) is 0 Å². The lowest BCUT2D eigenvalue weighted by molar-refractivity contribution is 0.0694. The summed E-state index contributed by atoms with van der Waals surface area (Å²) in [6.45, 7) is 5.44. The number of rotatable bonds is 5. The highest BCUT2D eigenvalue weighted by atomic mass is 16.5. The van der Waals surface area contributed by atoms with E-state index in [2.05, 4.69) is 59.8 Å². The van der Waals surface area contributed by atoms with Crippen molar-refractivity contribution in [3.8, 4) is 5.75 Å². The second-order valence-corrected chi connectivity index (χ2v) is 8.71. The van der Waals surface area contributed by atoms with Crippen molar-refractivity contribution in [2.45, 2.75) is 45.0 Å². The second-order valence-electron chi connectivity index (χ2n) is 8.71. The molecule has 4 rings (SSSR count). The molecular formula is C26H30N4O2. The van der Waals surface area contributed by atoms with E-state index in [9.17, 15) is 4.79 Å². The van der Waals surface area contributed by atoms with Gasteiger partial charge >= 0.3 is 0 Å². The quantitative estimate of drug-likeness (QED) is 0.476. The van der Waals surface area contributed by atoms with Crippen LogP contribution in [0.5, 0.6) is 5.75 Å². The summed E-state index contributed by atoms with van der Waals surface area (Å²) in [7, 11) is 1.78. The number of guanidine groups is 1. The highest BCUT2D eigenvalue weighted by Gasteiger charge is 2.33. The molecule has 0 bridgehead atoms. The second kappa shape index (κ2) is 9.30. The van der Waals surface area contributed by atoms with Crippen LogP contribution in [0.2, 0.25) is 0 Å². The minimum atomic E-state index is -0.249. The molecule has 2 aromatic carbocycles. The molecule has 0 saturated heterocycles. The number of para-hydroxylation sites is 1. The van der Waals surface area contributed by atoms with E-state index in [-0.39, 0.29) is 17.2 Å². The third-order valence-electron chi connectivity index (χ3n) is 5.65. The zero-order chi connectivity index (χ0) is 22.6. The Balaban J connectivity index is 1.38. The van der Waals surface area contributed by atoms with E-state index in [1.165, 1.54) is 0 Å². The molecule has 32 heavy (non-hydrogen) atoms. The van der Waals surface area contributed by atoms with Crippen LogP contribution in [0.15, 0.2) is 82.7 Å². The van der Waals surface area contributed by atoms with Crippen molar-refractivity contribution >= 4 is 5.96 Å². The average Bonchev–Trinajstić information content (AvgIpc) is 2.78. The van der Waals surface area contributed by atoms with E-state index in [0.29, 0.717) is 13.1 Å². The van der Waals surface area contributed by atoms with Crippen LogP contribution in [0, 0.1) is 0 Å². The van der Waals surface area contributed by atoms with Crippen molar-refractivity contribution < 1.29 is 4.74 Å². The number of benzene rings is 2. The number of nitrogens with zero attached hydrogens (tertiary/aromatic N) is 2. The molecule has 6 heteroatoms. The number of aromatic nitrogens is 1. The third-order valence-corrected chi connectivity index (χ3v) is 5.65. The Morgan fingerprint density at radius 2 is 1.78 bits per heavy atom. The van der Waals surface area contributed by atoms with Crippen LogP contribution in [0.1, 0.15) is 43.0 Å². The smallest absolute Gasteiger partial charge is 0.250 e. The van der Waals surface area contributed by atoms with E-state index >= 15 is 0 Å². The van der Waals surface area contributed by atoms with Gasteiger partial charge in [0.15, 0.2) is 5.96 Å². The van der Waals surface area contributed by atoms with E-state index < -0.39 is 0 Å². The van der Waals surface area contributed by atoms with Gasteiger partial charge in [0, 0.05) is 37.8 Å². The summed E-state index contributed by atoms with van der Waals surface area (Å²) in [6, 6.07) is 21.8. The maximum atomic E-state index is 11.9. The van der Waals surface area contributed by atoms with E-state index in [1.807, 2.05) is 30.5 Å². The predicted octanol–water partition coefficient (Wildman–Crippen LogP) is 3.86. The summed E-state index contributed by atoms with van der Waals surface area (Å²) in [5.74, 6) is 1.67. The molecule has 0 aliphatic carbocycles. The molecule has 1 aliphatic heterocycles. The SMILES string of the molecule is CN=C(NCc1ccc(Cn2ccccc2=O)cc1)NC1CC(C)(C)Oc2ccccc21. The van der Waals surface area contributed by atoms with Gasteiger partial charge in [0.1, 0.15) is 11.4 Å². The van der Waals surface area contributed by atoms with Gasteiger partial charge in [-0.2, -0.15) is 0 Å². The number of nitrogens with one attached hydrogen (secondary N) is 2. The average molecular weight is 431 g/mol. The summed E-state index contributed by atoms with van der Waals surface area (Å²) in [5.41, 5.74) is 3.14. The first-order valence-corrected chi connectivity index (χ1v) is 10.9. The predicted molar refractivity (Wildman–Crippen MR) is 128 cm³/mol. The molecule has 1 unspecified atom stereocenters. The first-order valence-electron chi connectivity index (χ1n) is 10.9. The molecule has 166 valence electrons. The largest absolute Gasteiger partial charge is 0.487 e. The van der Waals surface area contributed by atoms with Crippen LogP contribution in [0.4, 0.5) is 0 Å². The molecular weight excluding hydrogens is 400 g/mol. The van der Waals surface area contributed by atoms with Crippen LogP contribution >= 0.6 is 0 Å². The number of ether oxygens (including phenoxy) is 1. The number of fused-ring (bicyclic) bond motifs is 1. The number of hydrogen-bond acceptors (Lipinski definition) is 3. The molecule has 0 fully saturated rings. The van der Waals surface area contributed by atoms with Gasteiger partial charge in [-0.05, 0) is 37.1 Å². The van der Waals surface area contributed by atoms with Crippen LogP contribution in [0.25, 0.3) is 0 Å². The zero-order valence-electron chi connectivity index (χ0n) is 18.8. The van der Waals surface area contributed by atoms with Crippen molar-refractivity contribution in [2.75, 3.05) is 7.05 Å². The summed E-state index contributed by atoms with van der Waals surface area (Å²) in [4.78, 5) is 16.3. The van der Waals surface area contributed by atoms with Gasteiger partial charge in [-0.25, -0.2) is 0 Å². The Bertz CT molecular complexity index is 1150. The fraction of sp³-hybridized carbons (Fsp3) is 0.308.